The number of hydrogen-bond acceptors (Lipinski definition) is 4. The average molecular weight is 247 g/mol. The predicted molar refractivity (Wildman–Crippen MR) is 72.5 cm³/mol. The molecule has 4 heteroatoms. The van der Waals surface area contributed by atoms with Crippen molar-refractivity contribution in [3.05, 3.63) is 16.3 Å². The van der Waals surface area contributed by atoms with E-state index < -0.39 is 0 Å². The average Bonchev–Trinajstić information content (AvgIpc) is 2.67. The highest BCUT2D eigenvalue weighted by Gasteiger charge is 2.19. The Balaban J connectivity index is 2.19. The van der Waals surface area contributed by atoms with E-state index in [2.05, 4.69) is 16.9 Å². The van der Waals surface area contributed by atoms with Gasteiger partial charge in [0, 0.05) is 11.3 Å². The summed E-state index contributed by atoms with van der Waals surface area (Å²) in [6, 6.07) is 0. The van der Waals surface area contributed by atoms with Crippen LogP contribution in [0.1, 0.15) is 42.5 Å². The van der Waals surface area contributed by atoms with Gasteiger partial charge in [-0.05, 0) is 37.7 Å². The molecule has 17 heavy (non-hydrogen) atoms. The van der Waals surface area contributed by atoms with Crippen molar-refractivity contribution in [1.29, 1.82) is 0 Å². The van der Waals surface area contributed by atoms with Crippen molar-refractivity contribution < 1.29 is 0 Å². The van der Waals surface area contributed by atoms with Crippen LogP contribution < -0.4 is 5.73 Å². The standard InChI is InChI=1S/C13H17N3S/c1-2-5-10-15-12(14)11-8-6-3-4-7-9(8)17-13(11)16-10/h2-7H2,1H3,(H2,14,15,16). The molecule has 0 radical (unpaired) electrons. The summed E-state index contributed by atoms with van der Waals surface area (Å²) in [5.41, 5.74) is 7.54. The highest BCUT2D eigenvalue weighted by atomic mass is 32.1. The second-order valence-electron chi connectivity index (χ2n) is 4.67. The largest absolute Gasteiger partial charge is 0.383 e. The monoisotopic (exact) mass is 247 g/mol. The quantitative estimate of drug-likeness (QED) is 0.887. The topological polar surface area (TPSA) is 51.8 Å². The molecule has 0 atom stereocenters. The summed E-state index contributed by atoms with van der Waals surface area (Å²) < 4.78 is 0. The van der Waals surface area contributed by atoms with Crippen molar-refractivity contribution >= 4 is 27.4 Å². The Labute approximate surface area is 105 Å². The van der Waals surface area contributed by atoms with Gasteiger partial charge >= 0.3 is 0 Å². The molecule has 0 unspecified atom stereocenters. The number of nitrogen functional groups attached to an aromatic ring is 1. The lowest BCUT2D eigenvalue weighted by Crippen LogP contribution is -2.02. The summed E-state index contributed by atoms with van der Waals surface area (Å²) in [6.45, 7) is 2.14. The molecule has 0 aromatic carbocycles. The fourth-order valence-electron chi connectivity index (χ4n) is 2.57. The Hall–Kier alpha value is -1.16. The van der Waals surface area contributed by atoms with Crippen LogP contribution in [0.25, 0.3) is 10.2 Å². The lowest BCUT2D eigenvalue weighted by Gasteiger charge is -2.10. The minimum absolute atomic E-state index is 0.692. The number of aromatic nitrogens is 2. The molecule has 0 aliphatic heterocycles. The van der Waals surface area contributed by atoms with Gasteiger partial charge < -0.3 is 5.73 Å². The van der Waals surface area contributed by atoms with Crippen LogP contribution in [0.15, 0.2) is 0 Å². The predicted octanol–water partition coefficient (Wildman–Crippen LogP) is 3.10. The van der Waals surface area contributed by atoms with Crippen molar-refractivity contribution in [1.82, 2.24) is 9.97 Å². The van der Waals surface area contributed by atoms with Crippen molar-refractivity contribution in [2.24, 2.45) is 0 Å². The van der Waals surface area contributed by atoms with E-state index in [1.807, 2.05) is 11.3 Å². The van der Waals surface area contributed by atoms with E-state index in [-0.39, 0.29) is 0 Å². The first-order valence-corrected chi connectivity index (χ1v) is 7.18. The third-order valence-electron chi connectivity index (χ3n) is 3.36. The Morgan fingerprint density at radius 3 is 2.88 bits per heavy atom. The van der Waals surface area contributed by atoms with Crippen molar-refractivity contribution in [3.8, 4) is 0 Å². The van der Waals surface area contributed by atoms with Gasteiger partial charge in [-0.3, -0.25) is 0 Å². The highest BCUT2D eigenvalue weighted by molar-refractivity contribution is 7.19. The van der Waals surface area contributed by atoms with E-state index in [0.29, 0.717) is 5.82 Å². The van der Waals surface area contributed by atoms with Gasteiger partial charge in [0.05, 0.1) is 5.39 Å². The maximum Gasteiger partial charge on any atom is 0.136 e. The number of anilines is 1. The number of thiophene rings is 1. The van der Waals surface area contributed by atoms with Crippen LogP contribution in [0.3, 0.4) is 0 Å². The van der Waals surface area contributed by atoms with Gasteiger partial charge in [-0.15, -0.1) is 11.3 Å². The molecule has 0 saturated heterocycles. The van der Waals surface area contributed by atoms with Gasteiger partial charge in [-0.1, -0.05) is 6.92 Å². The summed E-state index contributed by atoms with van der Waals surface area (Å²) in [5, 5.41) is 1.14. The Morgan fingerprint density at radius 1 is 1.24 bits per heavy atom. The molecule has 3 nitrogen and oxygen atoms in total. The smallest absolute Gasteiger partial charge is 0.136 e. The summed E-state index contributed by atoms with van der Waals surface area (Å²) in [5.74, 6) is 1.59. The molecule has 1 aliphatic rings. The Bertz CT molecular complexity index is 559. The van der Waals surface area contributed by atoms with Crippen molar-refractivity contribution in [2.45, 2.75) is 45.4 Å². The first kappa shape index (κ1) is 11.0. The molecule has 2 aromatic heterocycles. The zero-order valence-electron chi connectivity index (χ0n) is 10.1. The van der Waals surface area contributed by atoms with Gasteiger partial charge in [0.1, 0.15) is 16.5 Å². The van der Waals surface area contributed by atoms with E-state index in [1.54, 1.807) is 0 Å². The molecule has 2 heterocycles. The number of fused-ring (bicyclic) bond motifs is 3. The Kier molecular flexibility index (Phi) is 2.74. The zero-order valence-corrected chi connectivity index (χ0v) is 10.9. The van der Waals surface area contributed by atoms with Gasteiger partial charge in [0.25, 0.3) is 0 Å². The van der Waals surface area contributed by atoms with Crippen LogP contribution in [-0.4, -0.2) is 9.97 Å². The lowest BCUT2D eigenvalue weighted by molar-refractivity contribution is 0.700. The van der Waals surface area contributed by atoms with Crippen molar-refractivity contribution in [2.75, 3.05) is 5.73 Å². The van der Waals surface area contributed by atoms with Crippen molar-refractivity contribution in [3.63, 3.8) is 0 Å². The van der Waals surface area contributed by atoms with Crippen LogP contribution in [0.2, 0.25) is 0 Å². The number of nitrogens with zero attached hydrogens (tertiary/aromatic N) is 2. The molecule has 2 aromatic rings. The molecular formula is C13H17N3S. The van der Waals surface area contributed by atoms with Gasteiger partial charge in [0.15, 0.2) is 0 Å². The SMILES string of the molecule is CCCc1nc(N)c2c3c(sc2n1)CCCC3. The third kappa shape index (κ3) is 1.80. The number of rotatable bonds is 2. The first-order chi connectivity index (χ1) is 8.29. The molecule has 90 valence electrons. The number of hydrogen-bond donors (Lipinski definition) is 1. The fourth-order valence-corrected chi connectivity index (χ4v) is 3.85. The second kappa shape index (κ2) is 4.26. The molecule has 0 bridgehead atoms. The van der Waals surface area contributed by atoms with Gasteiger partial charge in [-0.25, -0.2) is 9.97 Å². The normalized spacial score (nSPS) is 15.1. The zero-order chi connectivity index (χ0) is 11.8. The van der Waals surface area contributed by atoms with Crippen LogP contribution in [-0.2, 0) is 19.3 Å². The maximum absolute atomic E-state index is 6.11. The van der Waals surface area contributed by atoms with E-state index in [0.717, 1.165) is 35.3 Å². The number of aryl methyl sites for hydroxylation is 3. The van der Waals surface area contributed by atoms with E-state index in [9.17, 15) is 0 Å². The molecule has 2 N–H and O–H groups in total. The first-order valence-electron chi connectivity index (χ1n) is 6.36. The lowest BCUT2D eigenvalue weighted by atomic mass is 9.97. The Morgan fingerprint density at radius 2 is 2.06 bits per heavy atom. The molecule has 1 aliphatic carbocycles. The fraction of sp³-hybridized carbons (Fsp3) is 0.538. The molecule has 0 fully saturated rings. The summed E-state index contributed by atoms with van der Waals surface area (Å²) >= 11 is 1.82. The van der Waals surface area contributed by atoms with Crippen LogP contribution in [0.4, 0.5) is 5.82 Å². The van der Waals surface area contributed by atoms with E-state index in [1.165, 1.54) is 29.7 Å². The summed E-state index contributed by atoms with van der Waals surface area (Å²) in [4.78, 5) is 11.7. The molecule has 0 spiro atoms. The highest BCUT2D eigenvalue weighted by Crippen LogP contribution is 2.37. The molecule has 0 amide bonds. The third-order valence-corrected chi connectivity index (χ3v) is 4.55. The van der Waals surface area contributed by atoms with Gasteiger partial charge in [0.2, 0.25) is 0 Å². The van der Waals surface area contributed by atoms with Crippen LogP contribution in [0.5, 0.6) is 0 Å². The summed E-state index contributed by atoms with van der Waals surface area (Å²) in [7, 11) is 0. The molecular weight excluding hydrogens is 230 g/mol. The molecule has 0 saturated carbocycles. The minimum Gasteiger partial charge on any atom is -0.383 e. The number of nitrogens with two attached hydrogens (primary N) is 1. The van der Waals surface area contributed by atoms with Crippen LogP contribution in [0, 0.1) is 0 Å². The van der Waals surface area contributed by atoms with Gasteiger partial charge in [-0.2, -0.15) is 0 Å². The van der Waals surface area contributed by atoms with E-state index in [4.69, 9.17) is 5.73 Å². The molecule has 3 rings (SSSR count). The minimum atomic E-state index is 0.692. The van der Waals surface area contributed by atoms with E-state index >= 15 is 0 Å². The second-order valence-corrected chi connectivity index (χ2v) is 5.75. The van der Waals surface area contributed by atoms with Crippen LogP contribution >= 0.6 is 11.3 Å². The summed E-state index contributed by atoms with van der Waals surface area (Å²) in [6.07, 6.45) is 6.90. The maximum atomic E-state index is 6.11.